The van der Waals surface area contributed by atoms with Gasteiger partial charge in [0.15, 0.2) is 0 Å². The Labute approximate surface area is 161 Å². The molecule has 0 aliphatic carbocycles. The van der Waals surface area contributed by atoms with Crippen LogP contribution in [-0.2, 0) is 4.79 Å². The van der Waals surface area contributed by atoms with Crippen molar-refractivity contribution in [2.45, 2.75) is 11.8 Å². The lowest BCUT2D eigenvalue weighted by Gasteiger charge is -2.29. The smallest absolute Gasteiger partial charge is 0.440 e. The number of alkyl halides is 3. The Morgan fingerprint density at radius 2 is 1.66 bits per heavy atom. The molecule has 2 aromatic carbocycles. The Hall–Kier alpha value is -3.63. The van der Waals surface area contributed by atoms with Gasteiger partial charge in [-0.25, -0.2) is 14.1 Å². The van der Waals surface area contributed by atoms with Crippen LogP contribution in [0.15, 0.2) is 48.5 Å². The maximum atomic E-state index is 13.8. The van der Waals surface area contributed by atoms with E-state index >= 15 is 0 Å². The highest BCUT2D eigenvalue weighted by Gasteiger charge is 2.69. The van der Waals surface area contributed by atoms with Gasteiger partial charge in [-0.3, -0.25) is 14.9 Å². The zero-order chi connectivity index (χ0) is 21.4. The average Bonchev–Trinajstić information content (AvgIpc) is 2.93. The molecule has 1 aliphatic rings. The number of nitrogens with one attached hydrogen (secondary N) is 2. The van der Waals surface area contributed by atoms with Gasteiger partial charge in [-0.05, 0) is 48.5 Å². The summed E-state index contributed by atoms with van der Waals surface area (Å²) in [4.78, 5) is 37.3. The van der Waals surface area contributed by atoms with Crippen LogP contribution in [0.2, 0.25) is 0 Å². The highest BCUT2D eigenvalue weighted by atomic mass is 19.4. The second-order valence-corrected chi connectivity index (χ2v) is 5.98. The minimum Gasteiger partial charge on any atom is -0.497 e. The van der Waals surface area contributed by atoms with Gasteiger partial charge >= 0.3 is 12.2 Å². The van der Waals surface area contributed by atoms with Crippen molar-refractivity contribution in [3.8, 4) is 5.75 Å². The van der Waals surface area contributed by atoms with Crippen molar-refractivity contribution >= 4 is 23.5 Å². The summed E-state index contributed by atoms with van der Waals surface area (Å²) in [5.74, 6) is -3.38. The number of amides is 4. The first kappa shape index (κ1) is 20.1. The highest BCUT2D eigenvalue weighted by molar-refractivity contribution is 6.24. The number of halogens is 4. The molecular weight excluding hydrogens is 398 g/mol. The topological polar surface area (TPSA) is 87.7 Å². The van der Waals surface area contributed by atoms with Gasteiger partial charge in [0.05, 0.1) is 12.8 Å². The van der Waals surface area contributed by atoms with Gasteiger partial charge in [0.1, 0.15) is 11.6 Å². The number of imide groups is 1. The number of hydrogen-bond donors (Lipinski definition) is 2. The number of methoxy groups -OCH3 is 1. The Morgan fingerprint density at radius 1 is 1.07 bits per heavy atom. The Bertz CT molecular complexity index is 961. The van der Waals surface area contributed by atoms with E-state index in [-0.39, 0.29) is 16.2 Å². The first-order chi connectivity index (χ1) is 13.6. The largest absolute Gasteiger partial charge is 0.497 e. The minimum absolute atomic E-state index is 0.182. The van der Waals surface area contributed by atoms with Crippen molar-refractivity contribution in [3.05, 3.63) is 59.9 Å². The number of anilines is 1. The average molecular weight is 411 g/mol. The van der Waals surface area contributed by atoms with Gasteiger partial charge < -0.3 is 10.1 Å². The molecule has 7 nitrogen and oxygen atoms in total. The molecule has 0 aromatic heterocycles. The number of carbonyl (C=O) groups is 3. The molecule has 2 N–H and O–H groups in total. The van der Waals surface area contributed by atoms with Crippen molar-refractivity contribution in [1.82, 2.24) is 10.6 Å². The minimum atomic E-state index is -5.36. The Morgan fingerprint density at radius 3 is 2.17 bits per heavy atom. The second-order valence-electron chi connectivity index (χ2n) is 5.98. The number of rotatable bonds is 4. The predicted molar refractivity (Wildman–Crippen MR) is 91.7 cm³/mol. The third-order valence-electron chi connectivity index (χ3n) is 4.18. The summed E-state index contributed by atoms with van der Waals surface area (Å²) in [5.41, 5.74) is -4.18. The third kappa shape index (κ3) is 3.46. The number of benzene rings is 2. The summed E-state index contributed by atoms with van der Waals surface area (Å²) in [6, 6.07) is 7.32. The van der Waals surface area contributed by atoms with Gasteiger partial charge in [-0.2, -0.15) is 13.2 Å². The van der Waals surface area contributed by atoms with Gasteiger partial charge in [-0.15, -0.1) is 0 Å². The van der Waals surface area contributed by atoms with Crippen molar-refractivity contribution < 1.29 is 36.7 Å². The molecule has 0 bridgehead atoms. The monoisotopic (exact) mass is 411 g/mol. The molecule has 152 valence electrons. The molecule has 2 aromatic rings. The van der Waals surface area contributed by atoms with E-state index in [0.717, 1.165) is 24.3 Å². The maximum Gasteiger partial charge on any atom is 0.440 e. The van der Waals surface area contributed by atoms with Crippen LogP contribution < -0.4 is 20.3 Å². The molecule has 4 amide bonds. The lowest BCUT2D eigenvalue weighted by molar-refractivity contribution is -0.197. The zero-order valence-electron chi connectivity index (χ0n) is 14.7. The lowest BCUT2D eigenvalue weighted by atomic mass is 10.1. The first-order valence-corrected chi connectivity index (χ1v) is 8.04. The molecule has 29 heavy (non-hydrogen) atoms. The molecule has 0 unspecified atom stereocenters. The molecule has 0 spiro atoms. The van der Waals surface area contributed by atoms with E-state index in [1.165, 1.54) is 36.7 Å². The van der Waals surface area contributed by atoms with Crippen LogP contribution in [0.4, 0.5) is 28.0 Å². The van der Waals surface area contributed by atoms with Gasteiger partial charge in [-0.1, -0.05) is 0 Å². The fourth-order valence-electron chi connectivity index (χ4n) is 2.69. The van der Waals surface area contributed by atoms with Gasteiger partial charge in [0, 0.05) is 5.56 Å². The summed E-state index contributed by atoms with van der Waals surface area (Å²) < 4.78 is 59.5. The Kier molecular flexibility index (Phi) is 4.91. The highest BCUT2D eigenvalue weighted by Crippen LogP contribution is 2.36. The number of hydrogen-bond acceptors (Lipinski definition) is 4. The van der Waals surface area contributed by atoms with Gasteiger partial charge in [0.2, 0.25) is 0 Å². The summed E-state index contributed by atoms with van der Waals surface area (Å²) >= 11 is 0. The van der Waals surface area contributed by atoms with Crippen molar-refractivity contribution in [1.29, 1.82) is 0 Å². The molecule has 0 saturated carbocycles. The van der Waals surface area contributed by atoms with E-state index in [4.69, 9.17) is 4.74 Å². The summed E-state index contributed by atoms with van der Waals surface area (Å²) in [5, 5.41) is 3.08. The predicted octanol–water partition coefficient (Wildman–Crippen LogP) is 2.58. The lowest BCUT2D eigenvalue weighted by Crippen LogP contribution is -2.69. The number of urea groups is 1. The van der Waals surface area contributed by atoms with Crippen LogP contribution >= 0.6 is 0 Å². The van der Waals surface area contributed by atoms with Crippen LogP contribution in [0, 0.1) is 5.82 Å². The second kappa shape index (κ2) is 7.08. The molecule has 1 atom stereocenters. The van der Waals surface area contributed by atoms with Crippen LogP contribution in [0.3, 0.4) is 0 Å². The van der Waals surface area contributed by atoms with E-state index in [1.807, 2.05) is 0 Å². The van der Waals surface area contributed by atoms with Crippen molar-refractivity contribution in [2.75, 3.05) is 12.0 Å². The fraction of sp³-hybridized carbons (Fsp3) is 0.167. The van der Waals surface area contributed by atoms with E-state index < -0.39 is 35.5 Å². The number of carbonyl (C=O) groups excluding carboxylic acids is 3. The summed E-state index contributed by atoms with van der Waals surface area (Å²) in [6.07, 6.45) is -5.36. The third-order valence-corrected chi connectivity index (χ3v) is 4.18. The normalized spacial score (nSPS) is 19.1. The van der Waals surface area contributed by atoms with E-state index in [0.29, 0.717) is 5.75 Å². The fourth-order valence-corrected chi connectivity index (χ4v) is 2.69. The number of ether oxygens (including phenoxy) is 1. The van der Waals surface area contributed by atoms with Crippen LogP contribution in [-0.4, -0.2) is 36.8 Å². The molecule has 1 heterocycles. The quantitative estimate of drug-likeness (QED) is 0.598. The molecular formula is C18H13F4N3O4. The van der Waals surface area contributed by atoms with Crippen molar-refractivity contribution in [3.63, 3.8) is 0 Å². The molecule has 3 rings (SSSR count). The molecule has 1 aliphatic heterocycles. The van der Waals surface area contributed by atoms with Crippen molar-refractivity contribution in [2.24, 2.45) is 0 Å². The standard InChI is InChI=1S/C18H13F4N3O4/c1-29-13-8-2-10(3-9-13)14(26)23-17(18(20,21)22)15(27)25(16(28)24-17)12-6-4-11(19)5-7-12/h2-9H,1H3,(H,23,26)(H,24,28)/t17-/m0/s1. The van der Waals surface area contributed by atoms with E-state index in [1.54, 1.807) is 5.32 Å². The SMILES string of the molecule is COc1ccc(C(=O)N[C@]2(C(F)(F)F)NC(=O)N(c3ccc(F)cc3)C2=O)cc1. The summed E-state index contributed by atoms with van der Waals surface area (Å²) in [7, 11) is 1.37. The molecule has 11 heteroatoms. The molecule has 1 fully saturated rings. The molecule has 1 saturated heterocycles. The maximum absolute atomic E-state index is 13.8. The van der Waals surface area contributed by atoms with Crippen LogP contribution in [0.25, 0.3) is 0 Å². The summed E-state index contributed by atoms with van der Waals surface area (Å²) in [6.45, 7) is 0. The van der Waals surface area contributed by atoms with Crippen LogP contribution in [0.1, 0.15) is 10.4 Å². The molecule has 0 radical (unpaired) electrons. The van der Waals surface area contributed by atoms with E-state index in [9.17, 15) is 31.9 Å². The Balaban J connectivity index is 1.96. The zero-order valence-corrected chi connectivity index (χ0v) is 14.7. The van der Waals surface area contributed by atoms with Crippen LogP contribution in [0.5, 0.6) is 5.75 Å². The first-order valence-electron chi connectivity index (χ1n) is 8.04. The van der Waals surface area contributed by atoms with Gasteiger partial charge in [0.25, 0.3) is 17.5 Å². The number of nitrogens with zero attached hydrogens (tertiary/aromatic N) is 1. The van der Waals surface area contributed by atoms with E-state index in [2.05, 4.69) is 0 Å².